The van der Waals surface area contributed by atoms with Gasteiger partial charge in [0.1, 0.15) is 5.78 Å². The molecule has 0 aromatic rings. The van der Waals surface area contributed by atoms with Crippen molar-refractivity contribution in [2.24, 2.45) is 16.7 Å². The predicted octanol–water partition coefficient (Wildman–Crippen LogP) is 2.40. The number of carbonyl (C=O) groups is 1. The second-order valence-electron chi connectivity index (χ2n) is 4.92. The monoisotopic (exact) mass is 207 g/mol. The minimum atomic E-state index is 0. The van der Waals surface area contributed by atoms with Gasteiger partial charge in [-0.15, -0.1) is 0 Å². The fourth-order valence-electron chi connectivity index (χ4n) is 2.90. The molecule has 0 saturated heterocycles. The van der Waals surface area contributed by atoms with E-state index in [1.54, 1.807) is 0 Å². The van der Waals surface area contributed by atoms with Gasteiger partial charge in [-0.3, -0.25) is 4.79 Å². The summed E-state index contributed by atoms with van der Waals surface area (Å²) in [7, 11) is 0. The standard InChI is InChI=1S/C10H16O.Mn/c1-9(2)7-4-5-10(9,3)8(11)6-7;/h7H,4-6H2,1-3H3;. The second kappa shape index (κ2) is 2.59. The van der Waals surface area contributed by atoms with Gasteiger partial charge in [-0.1, -0.05) is 20.8 Å². The van der Waals surface area contributed by atoms with E-state index in [9.17, 15) is 4.79 Å². The molecule has 1 nitrogen and oxygen atoms in total. The molecule has 2 fully saturated rings. The van der Waals surface area contributed by atoms with Gasteiger partial charge in [-0.2, -0.15) is 0 Å². The zero-order valence-electron chi connectivity index (χ0n) is 7.98. The summed E-state index contributed by atoms with van der Waals surface area (Å²) < 4.78 is 0. The van der Waals surface area contributed by atoms with Crippen LogP contribution in [0, 0.1) is 16.7 Å². The zero-order chi connectivity index (χ0) is 8.28. The molecular weight excluding hydrogens is 191 g/mol. The summed E-state index contributed by atoms with van der Waals surface area (Å²) >= 11 is 0. The Labute approximate surface area is 84.8 Å². The van der Waals surface area contributed by atoms with E-state index >= 15 is 0 Å². The largest absolute Gasteiger partial charge is 0.299 e. The van der Waals surface area contributed by atoms with Crippen LogP contribution in [0.1, 0.15) is 40.0 Å². The van der Waals surface area contributed by atoms with Crippen LogP contribution < -0.4 is 0 Å². The van der Waals surface area contributed by atoms with Crippen LogP contribution in [0.15, 0.2) is 0 Å². The number of hydrogen-bond donors (Lipinski definition) is 0. The molecule has 2 heteroatoms. The third-order valence-corrected chi connectivity index (χ3v) is 4.48. The summed E-state index contributed by atoms with van der Waals surface area (Å²) in [5.74, 6) is 1.19. The van der Waals surface area contributed by atoms with Crippen LogP contribution in [0.4, 0.5) is 0 Å². The van der Waals surface area contributed by atoms with Crippen LogP contribution in [-0.4, -0.2) is 5.78 Å². The van der Waals surface area contributed by atoms with Gasteiger partial charge in [-0.25, -0.2) is 0 Å². The minimum absolute atomic E-state index is 0. The summed E-state index contributed by atoms with van der Waals surface area (Å²) in [6, 6.07) is 0. The van der Waals surface area contributed by atoms with Gasteiger partial charge in [0.25, 0.3) is 0 Å². The summed E-state index contributed by atoms with van der Waals surface area (Å²) in [6.45, 7) is 6.67. The van der Waals surface area contributed by atoms with E-state index in [0.717, 1.165) is 12.8 Å². The third kappa shape index (κ3) is 0.885. The molecule has 0 amide bonds. The van der Waals surface area contributed by atoms with Crippen molar-refractivity contribution in [2.45, 2.75) is 40.0 Å². The molecule has 2 aliphatic carbocycles. The maximum absolute atomic E-state index is 11.6. The molecule has 1 radical (unpaired) electrons. The predicted molar refractivity (Wildman–Crippen MR) is 44.2 cm³/mol. The number of ketones is 1. The van der Waals surface area contributed by atoms with E-state index in [1.807, 2.05) is 0 Å². The fourth-order valence-corrected chi connectivity index (χ4v) is 2.90. The van der Waals surface area contributed by atoms with Crippen molar-refractivity contribution in [1.82, 2.24) is 0 Å². The topological polar surface area (TPSA) is 17.1 Å². The van der Waals surface area contributed by atoms with E-state index in [2.05, 4.69) is 20.8 Å². The molecule has 2 aliphatic rings. The molecule has 0 aromatic heterocycles. The Hall–Kier alpha value is 0.189. The van der Waals surface area contributed by atoms with Crippen LogP contribution >= 0.6 is 0 Å². The number of Topliss-reactive ketones (excluding diaryl/α,β-unsaturated/α-hetero) is 1. The van der Waals surface area contributed by atoms with Gasteiger partial charge in [0.15, 0.2) is 0 Å². The van der Waals surface area contributed by atoms with Gasteiger partial charge in [0.2, 0.25) is 0 Å². The third-order valence-electron chi connectivity index (χ3n) is 4.48. The van der Waals surface area contributed by atoms with Gasteiger partial charge < -0.3 is 0 Å². The molecule has 0 N–H and O–H groups in total. The zero-order valence-corrected chi connectivity index (χ0v) is 9.17. The van der Waals surface area contributed by atoms with Crippen LogP contribution in [0.5, 0.6) is 0 Å². The average molecular weight is 207 g/mol. The van der Waals surface area contributed by atoms with Gasteiger partial charge >= 0.3 is 0 Å². The Morgan fingerprint density at radius 3 is 2.08 bits per heavy atom. The first-order valence-corrected chi connectivity index (χ1v) is 4.52. The fraction of sp³-hybridized carbons (Fsp3) is 0.900. The maximum atomic E-state index is 11.6. The molecule has 2 saturated carbocycles. The van der Waals surface area contributed by atoms with Crippen molar-refractivity contribution < 1.29 is 21.9 Å². The number of fused-ring (bicyclic) bond motifs is 2. The number of rotatable bonds is 0. The van der Waals surface area contributed by atoms with Crippen molar-refractivity contribution in [2.75, 3.05) is 0 Å². The first-order chi connectivity index (χ1) is 4.98. The summed E-state index contributed by atoms with van der Waals surface area (Å²) in [4.78, 5) is 11.6. The Bertz CT molecular complexity index is 222. The van der Waals surface area contributed by atoms with E-state index in [0.29, 0.717) is 11.7 Å². The summed E-state index contributed by atoms with van der Waals surface area (Å²) in [5.41, 5.74) is 0.307. The maximum Gasteiger partial charge on any atom is 0.139 e. The molecule has 2 rings (SSSR count). The molecule has 0 heterocycles. The van der Waals surface area contributed by atoms with Gasteiger partial charge in [0.05, 0.1) is 0 Å². The van der Waals surface area contributed by atoms with Crippen LogP contribution in [0.2, 0.25) is 0 Å². The Morgan fingerprint density at radius 1 is 1.33 bits per heavy atom. The molecular formula is C10H16MnO. The molecule has 12 heavy (non-hydrogen) atoms. The van der Waals surface area contributed by atoms with Crippen LogP contribution in [0.25, 0.3) is 0 Å². The van der Waals surface area contributed by atoms with Gasteiger partial charge in [-0.05, 0) is 24.2 Å². The molecule has 0 spiro atoms. The normalized spacial score (nSPS) is 42.9. The molecule has 69 valence electrons. The smallest absolute Gasteiger partial charge is 0.139 e. The SMILES string of the molecule is CC12CCC(CC1=O)C2(C)C.[Mn]. The summed E-state index contributed by atoms with van der Waals surface area (Å²) in [5, 5.41) is 0. The average Bonchev–Trinajstić information content (AvgIpc) is 2.20. The van der Waals surface area contributed by atoms with Gasteiger partial charge in [0, 0.05) is 28.9 Å². The number of carbonyl (C=O) groups excluding carboxylic acids is 1. The molecule has 2 atom stereocenters. The quantitative estimate of drug-likeness (QED) is 0.557. The number of hydrogen-bond acceptors (Lipinski definition) is 1. The molecule has 0 aromatic carbocycles. The van der Waals surface area contributed by atoms with Crippen molar-refractivity contribution >= 4 is 5.78 Å². The molecule has 2 unspecified atom stereocenters. The van der Waals surface area contributed by atoms with Crippen molar-refractivity contribution in [3.63, 3.8) is 0 Å². The molecule has 0 aliphatic heterocycles. The van der Waals surface area contributed by atoms with E-state index in [-0.39, 0.29) is 27.9 Å². The van der Waals surface area contributed by atoms with Crippen molar-refractivity contribution in [1.29, 1.82) is 0 Å². The minimum Gasteiger partial charge on any atom is -0.299 e. The van der Waals surface area contributed by atoms with E-state index in [4.69, 9.17) is 0 Å². The van der Waals surface area contributed by atoms with Crippen LogP contribution in [-0.2, 0) is 21.9 Å². The molecule has 2 bridgehead atoms. The summed E-state index contributed by atoms with van der Waals surface area (Å²) in [6.07, 6.45) is 3.25. The van der Waals surface area contributed by atoms with E-state index < -0.39 is 0 Å². The van der Waals surface area contributed by atoms with Crippen molar-refractivity contribution in [3.05, 3.63) is 0 Å². The van der Waals surface area contributed by atoms with Crippen molar-refractivity contribution in [3.8, 4) is 0 Å². The Balaban J connectivity index is 0.000000720. The van der Waals surface area contributed by atoms with Crippen LogP contribution in [0.3, 0.4) is 0 Å². The van der Waals surface area contributed by atoms with E-state index in [1.165, 1.54) is 6.42 Å². The Kier molecular flexibility index (Phi) is 2.21. The first-order valence-electron chi connectivity index (χ1n) is 4.52. The first kappa shape index (κ1) is 10.3. The second-order valence-corrected chi connectivity index (χ2v) is 4.92. The Morgan fingerprint density at radius 2 is 1.92 bits per heavy atom.